The van der Waals surface area contributed by atoms with E-state index in [9.17, 15) is 18.5 Å². The lowest BCUT2D eigenvalue weighted by atomic mass is 10.3. The molecule has 1 aromatic rings. The van der Waals surface area contributed by atoms with Gasteiger partial charge in [0.1, 0.15) is 0 Å². The third-order valence-electron chi connectivity index (χ3n) is 1.64. The number of nitrogens with zero attached hydrogens (tertiary/aromatic N) is 1. The average Bonchev–Trinajstić information content (AvgIpc) is 2.17. The van der Waals surface area contributed by atoms with Crippen LogP contribution in [0.2, 0.25) is 0 Å². The van der Waals surface area contributed by atoms with Crippen LogP contribution in [0.4, 0.5) is 5.69 Å². The van der Waals surface area contributed by atoms with Gasteiger partial charge in [-0.25, -0.2) is 13.1 Å². The molecule has 0 aromatic heterocycles. The molecule has 0 aliphatic carbocycles. The fourth-order valence-electron chi connectivity index (χ4n) is 1.05. The van der Waals surface area contributed by atoms with E-state index in [2.05, 4.69) is 11.6 Å². The number of hydrogen-bond donors (Lipinski definition) is 1. The third kappa shape index (κ3) is 2.51. The van der Waals surface area contributed by atoms with Gasteiger partial charge < -0.3 is 0 Å². The van der Waals surface area contributed by atoms with Gasteiger partial charge in [0, 0.05) is 12.6 Å². The van der Waals surface area contributed by atoms with Crippen LogP contribution >= 0.6 is 0 Å². The second kappa shape index (κ2) is 4.37. The van der Waals surface area contributed by atoms with E-state index in [0.717, 1.165) is 6.07 Å². The van der Waals surface area contributed by atoms with E-state index in [1.54, 1.807) is 0 Å². The van der Waals surface area contributed by atoms with Gasteiger partial charge in [-0.15, -0.1) is 0 Å². The Labute approximate surface area is 87.1 Å². The Morgan fingerprint density at radius 3 is 2.53 bits per heavy atom. The Hall–Kier alpha value is -1.47. The third-order valence-corrected chi connectivity index (χ3v) is 3.15. The standard InChI is InChI=1S/C8H9N2O4S/c1-2-9-15(13,14)8-6-4-3-5-7(8)10(11)12/h3-6,9H,1-2H2. The quantitative estimate of drug-likeness (QED) is 0.608. The maximum atomic E-state index is 11.5. The van der Waals surface area contributed by atoms with E-state index in [1.807, 2.05) is 0 Å². The fourth-order valence-corrected chi connectivity index (χ4v) is 2.15. The van der Waals surface area contributed by atoms with Gasteiger partial charge in [0.15, 0.2) is 4.90 Å². The zero-order valence-corrected chi connectivity index (χ0v) is 8.53. The maximum absolute atomic E-state index is 11.5. The molecule has 0 unspecified atom stereocenters. The summed E-state index contributed by atoms with van der Waals surface area (Å²) in [5, 5.41) is 10.6. The van der Waals surface area contributed by atoms with Crippen molar-refractivity contribution in [2.75, 3.05) is 6.54 Å². The van der Waals surface area contributed by atoms with Crippen molar-refractivity contribution in [1.82, 2.24) is 4.72 Å². The molecule has 0 bridgehead atoms. The zero-order valence-electron chi connectivity index (χ0n) is 7.71. The average molecular weight is 229 g/mol. The number of para-hydroxylation sites is 1. The molecular formula is C8H9N2O4S. The summed E-state index contributed by atoms with van der Waals surface area (Å²) < 4.78 is 25.1. The van der Waals surface area contributed by atoms with E-state index >= 15 is 0 Å². The highest BCUT2D eigenvalue weighted by Crippen LogP contribution is 2.22. The minimum absolute atomic E-state index is 0.0611. The highest BCUT2D eigenvalue weighted by atomic mass is 32.2. The first-order chi connectivity index (χ1) is 6.99. The lowest BCUT2D eigenvalue weighted by molar-refractivity contribution is -0.387. The van der Waals surface area contributed by atoms with Gasteiger partial charge in [-0.1, -0.05) is 12.1 Å². The molecule has 0 atom stereocenters. The molecular weight excluding hydrogens is 220 g/mol. The largest absolute Gasteiger partial charge is 0.289 e. The maximum Gasteiger partial charge on any atom is 0.289 e. The SMILES string of the molecule is [CH2]CNS(=O)(=O)c1ccccc1[N+](=O)[O-]. The predicted octanol–water partition coefficient (Wildman–Crippen LogP) is 0.707. The van der Waals surface area contributed by atoms with Gasteiger partial charge in [0.2, 0.25) is 10.0 Å². The van der Waals surface area contributed by atoms with Gasteiger partial charge in [-0.05, 0) is 13.0 Å². The molecule has 1 rings (SSSR count). The summed E-state index contributed by atoms with van der Waals surface area (Å²) in [6.07, 6.45) is 0. The Bertz CT molecular complexity index is 469. The first kappa shape index (κ1) is 11.6. The number of nitrogens with one attached hydrogen (secondary N) is 1. The number of rotatable bonds is 4. The number of benzene rings is 1. The Balaban J connectivity index is 3.31. The van der Waals surface area contributed by atoms with Crippen LogP contribution in [-0.2, 0) is 10.0 Å². The monoisotopic (exact) mass is 229 g/mol. The molecule has 81 valence electrons. The summed E-state index contributed by atoms with van der Waals surface area (Å²) in [4.78, 5) is 9.48. The summed E-state index contributed by atoms with van der Waals surface area (Å²) in [5.41, 5.74) is -0.446. The van der Waals surface area contributed by atoms with Gasteiger partial charge in [-0.3, -0.25) is 10.1 Å². The second-order valence-corrected chi connectivity index (χ2v) is 4.36. The minimum Gasteiger partial charge on any atom is -0.258 e. The number of nitro benzene ring substituents is 1. The Morgan fingerprint density at radius 2 is 2.00 bits per heavy atom. The van der Waals surface area contributed by atoms with Crippen molar-refractivity contribution in [2.24, 2.45) is 0 Å². The van der Waals surface area contributed by atoms with Crippen LogP contribution in [0.15, 0.2) is 29.2 Å². The van der Waals surface area contributed by atoms with Crippen LogP contribution in [0.1, 0.15) is 0 Å². The van der Waals surface area contributed by atoms with Crippen molar-refractivity contribution in [3.8, 4) is 0 Å². The summed E-state index contributed by atoms with van der Waals surface area (Å²) >= 11 is 0. The molecule has 1 aromatic carbocycles. The Morgan fingerprint density at radius 1 is 1.40 bits per heavy atom. The smallest absolute Gasteiger partial charge is 0.258 e. The zero-order chi connectivity index (χ0) is 11.5. The van der Waals surface area contributed by atoms with E-state index in [1.165, 1.54) is 18.2 Å². The lowest BCUT2D eigenvalue weighted by Gasteiger charge is -2.04. The highest BCUT2D eigenvalue weighted by Gasteiger charge is 2.23. The molecule has 6 nitrogen and oxygen atoms in total. The first-order valence-electron chi connectivity index (χ1n) is 4.01. The summed E-state index contributed by atoms with van der Waals surface area (Å²) in [6, 6.07) is 5.14. The predicted molar refractivity (Wildman–Crippen MR) is 53.6 cm³/mol. The second-order valence-electron chi connectivity index (χ2n) is 2.62. The molecule has 1 N–H and O–H groups in total. The van der Waals surface area contributed by atoms with Gasteiger partial charge >= 0.3 is 0 Å². The number of sulfonamides is 1. The molecule has 7 heteroatoms. The topological polar surface area (TPSA) is 89.3 Å². The van der Waals surface area contributed by atoms with Gasteiger partial charge in [0.25, 0.3) is 5.69 Å². The molecule has 0 fully saturated rings. The molecule has 0 heterocycles. The molecule has 0 saturated carbocycles. The van der Waals surface area contributed by atoms with Crippen molar-refractivity contribution in [3.63, 3.8) is 0 Å². The van der Waals surface area contributed by atoms with Crippen molar-refractivity contribution in [2.45, 2.75) is 4.90 Å². The van der Waals surface area contributed by atoms with Crippen LogP contribution < -0.4 is 4.72 Å². The van der Waals surface area contributed by atoms with E-state index in [0.29, 0.717) is 0 Å². The van der Waals surface area contributed by atoms with E-state index in [-0.39, 0.29) is 11.4 Å². The lowest BCUT2D eigenvalue weighted by Crippen LogP contribution is -2.24. The van der Waals surface area contributed by atoms with Crippen LogP contribution in [0, 0.1) is 17.0 Å². The molecule has 1 radical (unpaired) electrons. The van der Waals surface area contributed by atoms with Gasteiger partial charge in [0.05, 0.1) is 4.92 Å². The highest BCUT2D eigenvalue weighted by molar-refractivity contribution is 7.89. The summed E-state index contributed by atoms with van der Waals surface area (Å²) in [6.45, 7) is 3.25. The van der Waals surface area contributed by atoms with Crippen LogP contribution in [0.25, 0.3) is 0 Å². The summed E-state index contributed by atoms with van der Waals surface area (Å²) in [7, 11) is -3.84. The van der Waals surface area contributed by atoms with E-state index < -0.39 is 20.6 Å². The van der Waals surface area contributed by atoms with Crippen molar-refractivity contribution in [1.29, 1.82) is 0 Å². The fraction of sp³-hybridized carbons (Fsp3) is 0.125. The van der Waals surface area contributed by atoms with Gasteiger partial charge in [-0.2, -0.15) is 0 Å². The van der Waals surface area contributed by atoms with Crippen LogP contribution in [-0.4, -0.2) is 19.9 Å². The Kier molecular flexibility index (Phi) is 3.38. The molecule has 0 aliphatic rings. The van der Waals surface area contributed by atoms with Crippen molar-refractivity contribution < 1.29 is 13.3 Å². The summed E-state index contributed by atoms with van der Waals surface area (Å²) in [5.74, 6) is 0. The molecule has 0 amide bonds. The van der Waals surface area contributed by atoms with Crippen LogP contribution in [0.5, 0.6) is 0 Å². The van der Waals surface area contributed by atoms with Crippen LogP contribution in [0.3, 0.4) is 0 Å². The normalized spacial score (nSPS) is 11.3. The number of nitro groups is 1. The molecule has 0 saturated heterocycles. The minimum atomic E-state index is -3.84. The first-order valence-corrected chi connectivity index (χ1v) is 5.49. The van der Waals surface area contributed by atoms with E-state index in [4.69, 9.17) is 0 Å². The molecule has 15 heavy (non-hydrogen) atoms. The van der Waals surface area contributed by atoms with Crippen molar-refractivity contribution in [3.05, 3.63) is 41.3 Å². The number of hydrogen-bond acceptors (Lipinski definition) is 4. The van der Waals surface area contributed by atoms with Crippen molar-refractivity contribution >= 4 is 15.7 Å². The molecule has 0 aliphatic heterocycles. The molecule has 0 spiro atoms.